The van der Waals surface area contributed by atoms with Gasteiger partial charge in [0.25, 0.3) is 5.91 Å². The van der Waals surface area contributed by atoms with E-state index in [0.717, 1.165) is 35.1 Å². The number of piperazine rings is 1. The van der Waals surface area contributed by atoms with E-state index in [2.05, 4.69) is 11.8 Å². The zero-order valence-corrected chi connectivity index (χ0v) is 21.2. The third kappa shape index (κ3) is 6.01. The number of amides is 1. The zero-order valence-electron chi connectivity index (χ0n) is 20.4. The van der Waals surface area contributed by atoms with Crippen molar-refractivity contribution in [3.8, 4) is 17.2 Å². The number of halogens is 1. The second-order valence-corrected chi connectivity index (χ2v) is 8.87. The predicted octanol–water partition coefficient (Wildman–Crippen LogP) is 5.60. The van der Waals surface area contributed by atoms with Gasteiger partial charge in [0, 0.05) is 54.1 Å². The average molecular weight is 495 g/mol. The summed E-state index contributed by atoms with van der Waals surface area (Å²) >= 11 is 6.21. The summed E-state index contributed by atoms with van der Waals surface area (Å²) in [5.41, 5.74) is 3.77. The minimum Gasteiger partial charge on any atom is -0.497 e. The molecule has 0 spiro atoms. The lowest BCUT2D eigenvalue weighted by Gasteiger charge is -2.37. The fourth-order valence-corrected chi connectivity index (χ4v) is 4.40. The molecule has 1 aliphatic heterocycles. The quantitative estimate of drug-likeness (QED) is 0.408. The van der Waals surface area contributed by atoms with Gasteiger partial charge in [0.15, 0.2) is 0 Å². The van der Waals surface area contributed by atoms with Gasteiger partial charge in [0.1, 0.15) is 23.9 Å². The average Bonchev–Trinajstić information content (AvgIpc) is 2.89. The molecule has 0 unspecified atom stereocenters. The maximum atomic E-state index is 13.3. The van der Waals surface area contributed by atoms with E-state index in [1.54, 1.807) is 7.11 Å². The Hall–Kier alpha value is -3.38. The Balaban J connectivity index is 1.45. The van der Waals surface area contributed by atoms with E-state index in [4.69, 9.17) is 25.8 Å². The number of benzene rings is 3. The summed E-state index contributed by atoms with van der Waals surface area (Å²) in [6.07, 6.45) is 0. The van der Waals surface area contributed by atoms with Crippen molar-refractivity contribution in [2.45, 2.75) is 20.5 Å². The van der Waals surface area contributed by atoms with Crippen LogP contribution in [0, 0.1) is 6.92 Å². The van der Waals surface area contributed by atoms with Crippen molar-refractivity contribution in [1.29, 1.82) is 0 Å². The van der Waals surface area contributed by atoms with Crippen LogP contribution < -0.4 is 19.1 Å². The van der Waals surface area contributed by atoms with Crippen LogP contribution in [0.3, 0.4) is 0 Å². The summed E-state index contributed by atoms with van der Waals surface area (Å²) in [5.74, 6) is 2.14. The van der Waals surface area contributed by atoms with Crippen LogP contribution in [-0.4, -0.2) is 50.7 Å². The molecule has 184 valence electrons. The number of carbonyl (C=O) groups is 1. The molecule has 1 aliphatic rings. The number of hydrogen-bond donors (Lipinski definition) is 0. The van der Waals surface area contributed by atoms with Crippen LogP contribution in [-0.2, 0) is 6.61 Å². The number of aryl methyl sites for hydroxylation is 1. The Morgan fingerprint density at radius 3 is 2.46 bits per heavy atom. The summed E-state index contributed by atoms with van der Waals surface area (Å²) in [6.45, 7) is 7.65. The first-order chi connectivity index (χ1) is 17.0. The zero-order chi connectivity index (χ0) is 24.8. The second-order valence-electron chi connectivity index (χ2n) is 8.43. The molecule has 0 N–H and O–H groups in total. The molecule has 0 saturated carbocycles. The maximum Gasteiger partial charge on any atom is 0.253 e. The van der Waals surface area contributed by atoms with Crippen LogP contribution in [0.5, 0.6) is 17.2 Å². The minimum absolute atomic E-state index is 0.0122. The number of nitrogens with zero attached hydrogens (tertiary/aromatic N) is 2. The fraction of sp³-hybridized carbons (Fsp3) is 0.321. The highest BCUT2D eigenvalue weighted by molar-refractivity contribution is 6.30. The Morgan fingerprint density at radius 1 is 0.943 bits per heavy atom. The Kier molecular flexibility index (Phi) is 8.03. The molecule has 0 atom stereocenters. The SMILES string of the molecule is CCOc1ccc(C(=O)N2CCN(c3cc(Cl)ccc3C)CC2)cc1COc1cccc(OC)c1. The summed E-state index contributed by atoms with van der Waals surface area (Å²) in [6, 6.07) is 18.9. The molecule has 7 heteroatoms. The molecular weight excluding hydrogens is 464 g/mol. The Morgan fingerprint density at radius 2 is 1.71 bits per heavy atom. The summed E-state index contributed by atoms with van der Waals surface area (Å²) in [5, 5.41) is 0.724. The topological polar surface area (TPSA) is 51.2 Å². The normalized spacial score (nSPS) is 13.5. The molecule has 0 aliphatic carbocycles. The lowest BCUT2D eigenvalue weighted by Crippen LogP contribution is -2.49. The number of anilines is 1. The number of ether oxygens (including phenoxy) is 3. The van der Waals surface area contributed by atoms with Gasteiger partial charge in [-0.3, -0.25) is 4.79 Å². The van der Waals surface area contributed by atoms with Gasteiger partial charge in [0.05, 0.1) is 13.7 Å². The van der Waals surface area contributed by atoms with Crippen molar-refractivity contribution in [2.75, 3.05) is 44.8 Å². The monoisotopic (exact) mass is 494 g/mol. The van der Waals surface area contributed by atoms with Gasteiger partial charge in [-0.1, -0.05) is 23.7 Å². The molecule has 1 amide bonds. The fourth-order valence-electron chi connectivity index (χ4n) is 4.23. The van der Waals surface area contributed by atoms with Crippen LogP contribution in [0.2, 0.25) is 5.02 Å². The van der Waals surface area contributed by atoms with Gasteiger partial charge in [-0.15, -0.1) is 0 Å². The van der Waals surface area contributed by atoms with Crippen LogP contribution in [0.25, 0.3) is 0 Å². The molecular formula is C28H31ClN2O4. The summed E-state index contributed by atoms with van der Waals surface area (Å²) in [7, 11) is 1.62. The largest absolute Gasteiger partial charge is 0.497 e. The first-order valence-electron chi connectivity index (χ1n) is 11.8. The lowest BCUT2D eigenvalue weighted by atomic mass is 10.1. The molecule has 1 saturated heterocycles. The smallest absolute Gasteiger partial charge is 0.253 e. The minimum atomic E-state index is 0.0122. The molecule has 35 heavy (non-hydrogen) atoms. The lowest BCUT2D eigenvalue weighted by molar-refractivity contribution is 0.0746. The van der Waals surface area contributed by atoms with Gasteiger partial charge in [-0.2, -0.15) is 0 Å². The van der Waals surface area contributed by atoms with Gasteiger partial charge >= 0.3 is 0 Å². The number of methoxy groups -OCH3 is 1. The van der Waals surface area contributed by atoms with Gasteiger partial charge in [-0.25, -0.2) is 0 Å². The van der Waals surface area contributed by atoms with E-state index in [0.29, 0.717) is 36.8 Å². The predicted molar refractivity (Wildman–Crippen MR) is 139 cm³/mol. The van der Waals surface area contributed by atoms with E-state index in [9.17, 15) is 4.79 Å². The summed E-state index contributed by atoms with van der Waals surface area (Å²) in [4.78, 5) is 17.5. The third-order valence-electron chi connectivity index (χ3n) is 6.12. The maximum absolute atomic E-state index is 13.3. The first-order valence-corrected chi connectivity index (χ1v) is 12.2. The van der Waals surface area contributed by atoms with Crippen molar-refractivity contribution in [1.82, 2.24) is 4.90 Å². The third-order valence-corrected chi connectivity index (χ3v) is 6.36. The highest BCUT2D eigenvalue weighted by Gasteiger charge is 2.24. The Bertz CT molecular complexity index is 1180. The molecule has 0 radical (unpaired) electrons. The Labute approximate surface area is 212 Å². The van der Waals surface area contributed by atoms with Gasteiger partial charge in [0.2, 0.25) is 0 Å². The van der Waals surface area contributed by atoms with E-state index < -0.39 is 0 Å². The van der Waals surface area contributed by atoms with Crippen molar-refractivity contribution < 1.29 is 19.0 Å². The molecule has 0 aromatic heterocycles. The summed E-state index contributed by atoms with van der Waals surface area (Å²) < 4.78 is 17.0. The van der Waals surface area contributed by atoms with Crippen LogP contribution in [0.15, 0.2) is 60.7 Å². The molecule has 4 rings (SSSR count). The van der Waals surface area contributed by atoms with Crippen molar-refractivity contribution in [2.24, 2.45) is 0 Å². The number of carbonyl (C=O) groups excluding carboxylic acids is 1. The molecule has 3 aromatic rings. The highest BCUT2D eigenvalue weighted by atomic mass is 35.5. The molecule has 6 nitrogen and oxygen atoms in total. The molecule has 3 aromatic carbocycles. The van der Waals surface area contributed by atoms with E-state index in [1.807, 2.05) is 72.5 Å². The standard InChI is InChI=1S/C28H31ClN2O4/c1-4-34-27-11-9-21(16-22(27)19-35-25-7-5-6-24(18-25)33-3)28(32)31-14-12-30(13-15-31)26-17-23(29)10-8-20(26)2/h5-11,16-18H,4,12-15,19H2,1-3H3. The van der Waals surface area contributed by atoms with Crippen molar-refractivity contribution >= 4 is 23.2 Å². The molecule has 1 heterocycles. The number of rotatable bonds is 8. The van der Waals surface area contributed by atoms with Crippen LogP contribution >= 0.6 is 11.6 Å². The first kappa shape index (κ1) is 24.7. The van der Waals surface area contributed by atoms with E-state index in [-0.39, 0.29) is 12.5 Å². The molecule has 0 bridgehead atoms. The van der Waals surface area contributed by atoms with Crippen molar-refractivity contribution in [3.05, 3.63) is 82.4 Å². The van der Waals surface area contributed by atoms with Gasteiger partial charge < -0.3 is 24.0 Å². The highest BCUT2D eigenvalue weighted by Crippen LogP contribution is 2.27. The van der Waals surface area contributed by atoms with Crippen LogP contribution in [0.1, 0.15) is 28.4 Å². The molecule has 1 fully saturated rings. The second kappa shape index (κ2) is 11.4. The number of hydrogen-bond acceptors (Lipinski definition) is 5. The van der Waals surface area contributed by atoms with E-state index >= 15 is 0 Å². The van der Waals surface area contributed by atoms with Crippen molar-refractivity contribution in [3.63, 3.8) is 0 Å². The van der Waals surface area contributed by atoms with E-state index in [1.165, 1.54) is 5.56 Å². The van der Waals surface area contributed by atoms with Gasteiger partial charge in [-0.05, 0) is 61.9 Å². The van der Waals surface area contributed by atoms with Crippen LogP contribution in [0.4, 0.5) is 5.69 Å².